The Hall–Kier alpha value is -1.21. The van der Waals surface area contributed by atoms with Gasteiger partial charge in [0.15, 0.2) is 0 Å². The number of aromatic nitrogens is 1. The number of rotatable bonds is 5. The molecule has 1 aromatic heterocycles. The molecule has 6 nitrogen and oxygen atoms in total. The van der Waals surface area contributed by atoms with Gasteiger partial charge in [0, 0.05) is 18.7 Å². The predicted octanol–water partition coefficient (Wildman–Crippen LogP) is 3.90. The summed E-state index contributed by atoms with van der Waals surface area (Å²) >= 11 is 3.34. The molecule has 116 valence electrons. The molecule has 0 saturated carbocycles. The Kier molecular flexibility index (Phi) is 5.16. The van der Waals surface area contributed by atoms with Gasteiger partial charge >= 0.3 is 0 Å². The van der Waals surface area contributed by atoms with Crippen molar-refractivity contribution in [2.24, 2.45) is 0 Å². The lowest BCUT2D eigenvalue weighted by Gasteiger charge is -2.40. The van der Waals surface area contributed by atoms with E-state index in [2.05, 4.69) is 40.1 Å². The van der Waals surface area contributed by atoms with Gasteiger partial charge in [-0.15, -0.1) is 0 Å². The van der Waals surface area contributed by atoms with Crippen LogP contribution in [0.2, 0.25) is 0 Å². The van der Waals surface area contributed by atoms with Gasteiger partial charge in [-0.25, -0.2) is 4.98 Å². The largest absolute Gasteiger partial charge is 0.375 e. The number of halogens is 1. The van der Waals surface area contributed by atoms with Crippen molar-refractivity contribution in [2.75, 3.05) is 11.9 Å². The van der Waals surface area contributed by atoms with Gasteiger partial charge in [-0.1, -0.05) is 13.8 Å². The molecule has 1 atom stereocenters. The zero-order chi connectivity index (χ0) is 15.5. The SMILES string of the molecule is CCC1(CC)CC(Nc2ncc([N+](=O)[O-])cc2Br)CCO1. The van der Waals surface area contributed by atoms with E-state index in [1.54, 1.807) is 0 Å². The maximum Gasteiger partial charge on any atom is 0.288 e. The highest BCUT2D eigenvalue weighted by Gasteiger charge is 2.34. The first-order valence-electron chi connectivity index (χ1n) is 7.20. The summed E-state index contributed by atoms with van der Waals surface area (Å²) in [5, 5.41) is 14.1. The molecule has 0 spiro atoms. The van der Waals surface area contributed by atoms with Crippen LogP contribution < -0.4 is 5.32 Å². The molecule has 1 fully saturated rings. The maximum atomic E-state index is 10.7. The number of anilines is 1. The fraction of sp³-hybridized carbons (Fsp3) is 0.643. The quantitative estimate of drug-likeness (QED) is 0.638. The minimum Gasteiger partial charge on any atom is -0.375 e. The van der Waals surface area contributed by atoms with Crippen LogP contribution >= 0.6 is 15.9 Å². The van der Waals surface area contributed by atoms with Crippen LogP contribution in [0.3, 0.4) is 0 Å². The first-order valence-corrected chi connectivity index (χ1v) is 7.99. The second kappa shape index (κ2) is 6.70. The number of ether oxygens (including phenoxy) is 1. The minimum absolute atomic E-state index is 0.0177. The summed E-state index contributed by atoms with van der Waals surface area (Å²) in [6.07, 6.45) is 5.07. The third-order valence-corrected chi connectivity index (χ3v) is 4.76. The monoisotopic (exact) mass is 357 g/mol. The Morgan fingerprint density at radius 1 is 1.57 bits per heavy atom. The average molecular weight is 358 g/mol. The standard InChI is InChI=1S/C14H20BrN3O3/c1-3-14(4-2)8-10(5-6-21-14)17-13-12(15)7-11(9-16-13)18(19)20/h7,9-10H,3-6,8H2,1-2H3,(H,16,17). The fourth-order valence-corrected chi connectivity index (χ4v) is 3.17. The molecular weight excluding hydrogens is 338 g/mol. The van der Waals surface area contributed by atoms with Crippen LogP contribution in [0.4, 0.5) is 11.5 Å². The minimum atomic E-state index is -0.449. The second-order valence-corrected chi connectivity index (χ2v) is 6.21. The van der Waals surface area contributed by atoms with E-state index >= 15 is 0 Å². The predicted molar refractivity (Wildman–Crippen MR) is 84.5 cm³/mol. The highest BCUT2D eigenvalue weighted by molar-refractivity contribution is 9.10. The average Bonchev–Trinajstić information content (AvgIpc) is 2.49. The topological polar surface area (TPSA) is 77.3 Å². The first-order chi connectivity index (χ1) is 9.99. The lowest BCUT2D eigenvalue weighted by molar-refractivity contribution is -0.385. The van der Waals surface area contributed by atoms with Crippen LogP contribution in [0.25, 0.3) is 0 Å². The molecule has 2 rings (SSSR count). The molecular formula is C14H20BrN3O3. The number of nitrogens with zero attached hydrogens (tertiary/aromatic N) is 2. The van der Waals surface area contributed by atoms with E-state index in [0.717, 1.165) is 32.3 Å². The van der Waals surface area contributed by atoms with Crippen LogP contribution in [-0.4, -0.2) is 28.2 Å². The summed E-state index contributed by atoms with van der Waals surface area (Å²) in [5.74, 6) is 0.647. The molecule has 0 bridgehead atoms. The van der Waals surface area contributed by atoms with Gasteiger partial charge in [-0.3, -0.25) is 10.1 Å². The van der Waals surface area contributed by atoms with Crippen LogP contribution in [0.5, 0.6) is 0 Å². The van der Waals surface area contributed by atoms with E-state index in [1.165, 1.54) is 12.3 Å². The number of hydrogen-bond acceptors (Lipinski definition) is 5. The van der Waals surface area contributed by atoms with E-state index in [9.17, 15) is 10.1 Å². The molecule has 0 amide bonds. The van der Waals surface area contributed by atoms with E-state index in [1.807, 2.05) is 0 Å². The Labute approximate surface area is 132 Å². The number of pyridine rings is 1. The molecule has 2 heterocycles. The van der Waals surface area contributed by atoms with Gasteiger partial charge in [-0.05, 0) is 41.6 Å². The van der Waals surface area contributed by atoms with Crippen molar-refractivity contribution in [3.63, 3.8) is 0 Å². The summed E-state index contributed by atoms with van der Waals surface area (Å²) in [5.41, 5.74) is -0.0840. The number of hydrogen-bond donors (Lipinski definition) is 1. The molecule has 1 aliphatic heterocycles. The molecule has 1 N–H and O–H groups in total. The summed E-state index contributed by atoms with van der Waals surface area (Å²) in [6.45, 7) is 5.02. The van der Waals surface area contributed by atoms with Crippen molar-refractivity contribution in [1.29, 1.82) is 0 Å². The van der Waals surface area contributed by atoms with Gasteiger partial charge in [0.25, 0.3) is 5.69 Å². The van der Waals surface area contributed by atoms with Gasteiger partial charge in [0.2, 0.25) is 0 Å². The van der Waals surface area contributed by atoms with Crippen molar-refractivity contribution in [1.82, 2.24) is 4.98 Å². The first kappa shape index (κ1) is 16.2. The Balaban J connectivity index is 2.09. The lowest BCUT2D eigenvalue weighted by Crippen LogP contribution is -2.43. The van der Waals surface area contributed by atoms with E-state index in [4.69, 9.17) is 4.74 Å². The van der Waals surface area contributed by atoms with Gasteiger partial charge in [-0.2, -0.15) is 0 Å². The molecule has 21 heavy (non-hydrogen) atoms. The fourth-order valence-electron chi connectivity index (χ4n) is 2.72. The van der Waals surface area contributed by atoms with Gasteiger partial charge in [0.1, 0.15) is 12.0 Å². The zero-order valence-electron chi connectivity index (χ0n) is 12.3. The van der Waals surface area contributed by atoms with Crippen molar-refractivity contribution in [2.45, 2.75) is 51.2 Å². The van der Waals surface area contributed by atoms with Gasteiger partial charge < -0.3 is 10.1 Å². The molecule has 0 aliphatic carbocycles. The Morgan fingerprint density at radius 3 is 2.86 bits per heavy atom. The molecule has 1 unspecified atom stereocenters. The molecule has 1 aromatic rings. The van der Waals surface area contributed by atoms with Crippen LogP contribution in [0, 0.1) is 10.1 Å². The highest BCUT2D eigenvalue weighted by atomic mass is 79.9. The van der Waals surface area contributed by atoms with Crippen LogP contribution in [0.1, 0.15) is 39.5 Å². The van der Waals surface area contributed by atoms with Crippen molar-refractivity contribution in [3.05, 3.63) is 26.9 Å². The van der Waals surface area contributed by atoms with Crippen LogP contribution in [0.15, 0.2) is 16.7 Å². The molecule has 1 aliphatic rings. The smallest absolute Gasteiger partial charge is 0.288 e. The molecule has 7 heteroatoms. The Bertz CT molecular complexity index is 520. The Morgan fingerprint density at radius 2 is 2.29 bits per heavy atom. The third-order valence-electron chi connectivity index (χ3n) is 4.16. The summed E-state index contributed by atoms with van der Waals surface area (Å²) in [6, 6.07) is 1.74. The molecule has 1 saturated heterocycles. The van der Waals surface area contributed by atoms with Gasteiger partial charge in [0.05, 0.1) is 15.0 Å². The van der Waals surface area contributed by atoms with E-state index in [-0.39, 0.29) is 17.3 Å². The van der Waals surface area contributed by atoms with E-state index in [0.29, 0.717) is 10.3 Å². The normalized spacial score (nSPS) is 21.0. The number of nitrogens with one attached hydrogen (secondary N) is 1. The van der Waals surface area contributed by atoms with Crippen molar-refractivity contribution < 1.29 is 9.66 Å². The number of nitro groups is 1. The molecule has 0 radical (unpaired) electrons. The lowest BCUT2D eigenvalue weighted by atomic mass is 9.86. The second-order valence-electron chi connectivity index (χ2n) is 5.35. The molecule has 0 aromatic carbocycles. The summed E-state index contributed by atoms with van der Waals surface area (Å²) < 4.78 is 6.56. The van der Waals surface area contributed by atoms with Crippen molar-refractivity contribution in [3.8, 4) is 0 Å². The van der Waals surface area contributed by atoms with Crippen LogP contribution in [-0.2, 0) is 4.74 Å². The summed E-state index contributed by atoms with van der Waals surface area (Å²) in [4.78, 5) is 14.4. The third kappa shape index (κ3) is 3.71. The van der Waals surface area contributed by atoms with E-state index < -0.39 is 4.92 Å². The summed E-state index contributed by atoms with van der Waals surface area (Å²) in [7, 11) is 0. The maximum absolute atomic E-state index is 10.7. The highest BCUT2D eigenvalue weighted by Crippen LogP contribution is 2.34. The zero-order valence-corrected chi connectivity index (χ0v) is 13.9. The van der Waals surface area contributed by atoms with Crippen molar-refractivity contribution >= 4 is 27.4 Å².